The lowest BCUT2D eigenvalue weighted by molar-refractivity contribution is -0.130. The van der Waals surface area contributed by atoms with Gasteiger partial charge < -0.3 is 15.4 Å². The van der Waals surface area contributed by atoms with Crippen LogP contribution in [0, 0.1) is 0 Å². The minimum Gasteiger partial charge on any atom is -0.367 e. The number of carbonyl (C=O) groups is 1. The van der Waals surface area contributed by atoms with E-state index in [1.165, 1.54) is 0 Å². The molecule has 1 atom stereocenters. The summed E-state index contributed by atoms with van der Waals surface area (Å²) < 4.78 is 5.33. The van der Waals surface area contributed by atoms with Crippen LogP contribution < -0.4 is 10.6 Å². The molecule has 5 nitrogen and oxygen atoms in total. The second-order valence-electron chi connectivity index (χ2n) is 4.57. The van der Waals surface area contributed by atoms with E-state index in [2.05, 4.69) is 4.98 Å². The van der Waals surface area contributed by atoms with Gasteiger partial charge in [0.1, 0.15) is 5.82 Å². The predicted octanol–water partition coefficient (Wildman–Crippen LogP) is 0.925. The van der Waals surface area contributed by atoms with Crippen molar-refractivity contribution >= 4 is 22.6 Å². The highest BCUT2D eigenvalue weighted by atomic mass is 16.5. The molecule has 2 N–H and O–H groups in total. The summed E-state index contributed by atoms with van der Waals surface area (Å²) in [7, 11) is 0. The van der Waals surface area contributed by atoms with Crippen LogP contribution in [0.2, 0.25) is 0 Å². The fraction of sp³-hybridized carbons (Fsp3) is 0.286. The number of pyridine rings is 1. The monoisotopic (exact) mass is 257 g/mol. The van der Waals surface area contributed by atoms with Crippen LogP contribution in [0.1, 0.15) is 0 Å². The molecular formula is C14H15N3O2. The van der Waals surface area contributed by atoms with Gasteiger partial charge in [0.25, 0.3) is 0 Å². The number of anilines is 1. The Labute approximate surface area is 111 Å². The predicted molar refractivity (Wildman–Crippen MR) is 72.9 cm³/mol. The normalized spacial score (nSPS) is 19.6. The number of benzene rings is 1. The zero-order chi connectivity index (χ0) is 13.2. The maximum Gasteiger partial charge on any atom is 0.248 e. The van der Waals surface area contributed by atoms with Gasteiger partial charge in [-0.1, -0.05) is 18.2 Å². The first-order valence-electron chi connectivity index (χ1n) is 6.26. The molecule has 1 aromatic heterocycles. The molecule has 1 saturated heterocycles. The molecule has 1 aliphatic rings. The molecule has 1 unspecified atom stereocenters. The largest absolute Gasteiger partial charge is 0.367 e. The Bertz CT molecular complexity index is 614. The van der Waals surface area contributed by atoms with E-state index < -0.39 is 12.0 Å². The first-order valence-corrected chi connectivity index (χ1v) is 6.26. The molecule has 1 aliphatic heterocycles. The SMILES string of the molecule is NC(=O)C1CN(c2ccc3ccccc3n2)CCO1. The smallest absolute Gasteiger partial charge is 0.248 e. The number of fused-ring (bicyclic) bond motifs is 1. The Kier molecular flexibility index (Phi) is 3.05. The van der Waals surface area contributed by atoms with Gasteiger partial charge >= 0.3 is 0 Å². The van der Waals surface area contributed by atoms with Crippen molar-refractivity contribution < 1.29 is 9.53 Å². The molecule has 0 aliphatic carbocycles. The highest BCUT2D eigenvalue weighted by Crippen LogP contribution is 2.19. The maximum absolute atomic E-state index is 11.2. The molecule has 1 amide bonds. The molecule has 19 heavy (non-hydrogen) atoms. The Morgan fingerprint density at radius 2 is 2.16 bits per heavy atom. The van der Waals surface area contributed by atoms with E-state index >= 15 is 0 Å². The summed E-state index contributed by atoms with van der Waals surface area (Å²) in [6.07, 6.45) is -0.554. The lowest BCUT2D eigenvalue weighted by Gasteiger charge is -2.32. The van der Waals surface area contributed by atoms with Gasteiger partial charge in [-0.15, -0.1) is 0 Å². The van der Waals surface area contributed by atoms with Crippen LogP contribution in [-0.4, -0.2) is 36.7 Å². The molecule has 3 rings (SSSR count). The average Bonchev–Trinajstić information content (AvgIpc) is 2.47. The molecule has 2 heterocycles. The van der Waals surface area contributed by atoms with E-state index in [-0.39, 0.29) is 0 Å². The standard InChI is InChI=1S/C14H15N3O2/c15-14(18)12-9-17(7-8-19-12)13-6-5-10-3-1-2-4-11(10)16-13/h1-6,12H,7-9H2,(H2,15,18). The van der Waals surface area contributed by atoms with Crippen LogP contribution in [0.25, 0.3) is 10.9 Å². The highest BCUT2D eigenvalue weighted by molar-refractivity contribution is 5.81. The van der Waals surface area contributed by atoms with Crippen LogP contribution in [0.5, 0.6) is 0 Å². The van der Waals surface area contributed by atoms with E-state index in [0.29, 0.717) is 13.2 Å². The van der Waals surface area contributed by atoms with Crippen LogP contribution in [-0.2, 0) is 9.53 Å². The molecule has 0 radical (unpaired) electrons. The molecule has 2 aromatic rings. The summed E-state index contributed by atoms with van der Waals surface area (Å²) in [5.41, 5.74) is 6.23. The molecule has 0 bridgehead atoms. The van der Waals surface area contributed by atoms with E-state index in [9.17, 15) is 4.79 Å². The minimum atomic E-state index is -0.554. The number of para-hydroxylation sites is 1. The van der Waals surface area contributed by atoms with Gasteiger partial charge in [-0.2, -0.15) is 0 Å². The molecular weight excluding hydrogens is 242 g/mol. The van der Waals surface area contributed by atoms with Crippen LogP contribution in [0.4, 0.5) is 5.82 Å². The molecule has 1 aromatic carbocycles. The Hall–Kier alpha value is -2.14. The van der Waals surface area contributed by atoms with Crippen molar-refractivity contribution in [1.29, 1.82) is 0 Å². The lowest BCUT2D eigenvalue weighted by atomic mass is 10.2. The van der Waals surface area contributed by atoms with Crippen molar-refractivity contribution in [2.24, 2.45) is 5.73 Å². The minimum absolute atomic E-state index is 0.425. The van der Waals surface area contributed by atoms with Crippen LogP contribution >= 0.6 is 0 Å². The summed E-state index contributed by atoms with van der Waals surface area (Å²) in [5, 5.41) is 1.10. The summed E-state index contributed by atoms with van der Waals surface area (Å²) in [6.45, 7) is 1.66. The third-order valence-electron chi connectivity index (χ3n) is 3.29. The summed E-state index contributed by atoms with van der Waals surface area (Å²) in [4.78, 5) is 17.8. The Balaban J connectivity index is 1.89. The number of carbonyl (C=O) groups excluding carboxylic acids is 1. The number of ether oxygens (including phenoxy) is 1. The van der Waals surface area contributed by atoms with E-state index in [1.807, 2.05) is 41.3 Å². The number of hydrogen-bond donors (Lipinski definition) is 1. The van der Waals surface area contributed by atoms with Gasteiger partial charge in [0.2, 0.25) is 5.91 Å². The first-order chi connectivity index (χ1) is 9.24. The fourth-order valence-electron chi connectivity index (χ4n) is 2.26. The molecule has 0 saturated carbocycles. The first kappa shape index (κ1) is 11.9. The van der Waals surface area contributed by atoms with E-state index in [0.717, 1.165) is 23.3 Å². The second-order valence-corrected chi connectivity index (χ2v) is 4.57. The van der Waals surface area contributed by atoms with Gasteiger partial charge in [0.15, 0.2) is 6.10 Å². The fourth-order valence-corrected chi connectivity index (χ4v) is 2.26. The topological polar surface area (TPSA) is 68.5 Å². The van der Waals surface area contributed by atoms with E-state index in [4.69, 9.17) is 10.5 Å². The molecule has 98 valence electrons. The Morgan fingerprint density at radius 1 is 1.32 bits per heavy atom. The van der Waals surface area contributed by atoms with Gasteiger partial charge in [-0.3, -0.25) is 4.79 Å². The zero-order valence-electron chi connectivity index (χ0n) is 10.5. The lowest BCUT2D eigenvalue weighted by Crippen LogP contribution is -2.48. The number of morpholine rings is 1. The van der Waals surface area contributed by atoms with Gasteiger partial charge in [-0.05, 0) is 18.2 Å². The third kappa shape index (κ3) is 2.37. The summed E-state index contributed by atoms with van der Waals surface area (Å²) >= 11 is 0. The summed E-state index contributed by atoms with van der Waals surface area (Å²) in [6, 6.07) is 12.0. The van der Waals surface area contributed by atoms with Crippen molar-refractivity contribution in [2.75, 3.05) is 24.6 Å². The van der Waals surface area contributed by atoms with E-state index in [1.54, 1.807) is 0 Å². The number of rotatable bonds is 2. The van der Waals surface area contributed by atoms with Crippen molar-refractivity contribution in [3.63, 3.8) is 0 Å². The number of hydrogen-bond acceptors (Lipinski definition) is 4. The van der Waals surface area contributed by atoms with Crippen molar-refractivity contribution in [1.82, 2.24) is 4.98 Å². The Morgan fingerprint density at radius 3 is 3.00 bits per heavy atom. The zero-order valence-corrected chi connectivity index (χ0v) is 10.5. The van der Waals surface area contributed by atoms with Gasteiger partial charge in [-0.25, -0.2) is 4.98 Å². The number of amides is 1. The van der Waals surface area contributed by atoms with Crippen molar-refractivity contribution in [3.8, 4) is 0 Å². The second kappa shape index (κ2) is 4.85. The third-order valence-corrected chi connectivity index (χ3v) is 3.29. The van der Waals surface area contributed by atoms with Crippen molar-refractivity contribution in [2.45, 2.75) is 6.10 Å². The average molecular weight is 257 g/mol. The maximum atomic E-state index is 11.2. The van der Waals surface area contributed by atoms with Crippen molar-refractivity contribution in [3.05, 3.63) is 36.4 Å². The van der Waals surface area contributed by atoms with Gasteiger partial charge in [0.05, 0.1) is 18.7 Å². The number of aromatic nitrogens is 1. The van der Waals surface area contributed by atoms with Crippen LogP contribution in [0.15, 0.2) is 36.4 Å². The number of nitrogens with zero attached hydrogens (tertiary/aromatic N) is 2. The highest BCUT2D eigenvalue weighted by Gasteiger charge is 2.25. The van der Waals surface area contributed by atoms with Gasteiger partial charge in [0, 0.05) is 11.9 Å². The molecule has 5 heteroatoms. The summed E-state index contributed by atoms with van der Waals surface area (Å²) in [5.74, 6) is 0.429. The quantitative estimate of drug-likeness (QED) is 0.868. The van der Waals surface area contributed by atoms with Crippen LogP contribution in [0.3, 0.4) is 0 Å². The molecule has 0 spiro atoms. The number of nitrogens with two attached hydrogens (primary N) is 1. The molecule has 1 fully saturated rings. The number of primary amides is 1.